The van der Waals surface area contributed by atoms with Crippen molar-refractivity contribution in [1.82, 2.24) is 4.57 Å². The van der Waals surface area contributed by atoms with Gasteiger partial charge in [-0.3, -0.25) is 14.2 Å². The van der Waals surface area contributed by atoms with Crippen molar-refractivity contribution in [3.05, 3.63) is 68.6 Å². The van der Waals surface area contributed by atoms with Gasteiger partial charge in [0.2, 0.25) is 5.91 Å². The number of aromatic hydroxyl groups is 1. The van der Waals surface area contributed by atoms with Crippen LogP contribution >= 0.6 is 23.1 Å². The minimum Gasteiger partial charge on any atom is -0.508 e. The first kappa shape index (κ1) is 24.6. The zero-order valence-electron chi connectivity index (χ0n) is 21.2. The topological polar surface area (TPSA) is 74.6 Å². The van der Waals surface area contributed by atoms with Crippen LogP contribution in [-0.2, 0) is 11.3 Å². The molecule has 194 valence electrons. The van der Waals surface area contributed by atoms with E-state index in [0.717, 1.165) is 23.0 Å². The van der Waals surface area contributed by atoms with E-state index in [1.807, 2.05) is 11.8 Å². The zero-order valence-corrected chi connectivity index (χ0v) is 22.9. The Hall–Kier alpha value is -2.71. The maximum atomic E-state index is 13.3. The number of fused-ring (bicyclic) bond motifs is 6. The fraction of sp³-hybridized carbons (Fsp3) is 0.448. The van der Waals surface area contributed by atoms with Gasteiger partial charge >= 0.3 is 4.87 Å². The van der Waals surface area contributed by atoms with Gasteiger partial charge in [0.15, 0.2) is 0 Å². The molecule has 1 aliphatic heterocycles. The molecule has 2 aromatic carbocycles. The third kappa shape index (κ3) is 4.38. The summed E-state index contributed by atoms with van der Waals surface area (Å²) in [6, 6.07) is 15.4. The van der Waals surface area contributed by atoms with Crippen LogP contribution in [0.1, 0.15) is 49.5 Å². The van der Waals surface area contributed by atoms with Gasteiger partial charge in [0.05, 0.1) is 5.03 Å². The quantitative estimate of drug-likeness (QED) is 0.377. The van der Waals surface area contributed by atoms with E-state index in [2.05, 4.69) is 48.3 Å². The van der Waals surface area contributed by atoms with Gasteiger partial charge in [-0.05, 0) is 92.8 Å². The molecule has 3 aliphatic rings. The number of hydrogen-bond acceptors (Lipinski definition) is 6. The van der Waals surface area contributed by atoms with Gasteiger partial charge in [0, 0.05) is 40.5 Å². The van der Waals surface area contributed by atoms with E-state index in [-0.39, 0.29) is 29.0 Å². The molecule has 2 fully saturated rings. The summed E-state index contributed by atoms with van der Waals surface area (Å²) in [4.78, 5) is 29.6. The fourth-order valence-corrected chi connectivity index (χ4v) is 9.98. The summed E-state index contributed by atoms with van der Waals surface area (Å²) in [5.41, 5.74) is 3.13. The fourth-order valence-electron chi connectivity index (χ4n) is 6.83. The number of benzene rings is 2. The number of nitrogens with one attached hydrogen (secondary N) is 1. The molecule has 2 heterocycles. The van der Waals surface area contributed by atoms with E-state index in [4.69, 9.17) is 0 Å². The van der Waals surface area contributed by atoms with E-state index in [1.165, 1.54) is 54.0 Å². The van der Waals surface area contributed by atoms with Crippen LogP contribution in [0.3, 0.4) is 0 Å². The summed E-state index contributed by atoms with van der Waals surface area (Å²) in [5, 5.41) is 13.9. The summed E-state index contributed by atoms with van der Waals surface area (Å²) in [7, 11) is 0. The maximum Gasteiger partial charge on any atom is 0.308 e. The largest absolute Gasteiger partial charge is 0.508 e. The molecule has 6 rings (SSSR count). The normalized spacial score (nSPS) is 25.5. The van der Waals surface area contributed by atoms with Gasteiger partial charge in [-0.1, -0.05) is 23.5 Å². The third-order valence-corrected chi connectivity index (χ3v) is 11.4. The van der Waals surface area contributed by atoms with Gasteiger partial charge < -0.3 is 15.3 Å². The van der Waals surface area contributed by atoms with E-state index >= 15 is 0 Å². The molecule has 6 nitrogen and oxygen atoms in total. The van der Waals surface area contributed by atoms with Crippen LogP contribution in [0.5, 0.6) is 5.75 Å². The molecule has 37 heavy (non-hydrogen) atoms. The van der Waals surface area contributed by atoms with Crippen molar-refractivity contribution >= 4 is 40.4 Å². The Morgan fingerprint density at radius 2 is 1.76 bits per heavy atom. The Bertz CT molecular complexity index is 1340. The summed E-state index contributed by atoms with van der Waals surface area (Å²) < 4.78 is 1.69. The van der Waals surface area contributed by atoms with Crippen molar-refractivity contribution in [3.63, 3.8) is 0 Å². The Morgan fingerprint density at radius 3 is 2.46 bits per heavy atom. The number of thioether (sulfide) groups is 1. The first-order valence-corrected chi connectivity index (χ1v) is 15.0. The highest BCUT2D eigenvalue weighted by atomic mass is 32.2. The molecular formula is C29H33N3O3S2. The molecule has 0 radical (unpaired) electrons. The van der Waals surface area contributed by atoms with Gasteiger partial charge in [-0.15, -0.1) is 11.8 Å². The van der Waals surface area contributed by atoms with Crippen LogP contribution < -0.4 is 15.1 Å². The summed E-state index contributed by atoms with van der Waals surface area (Å²) in [6.07, 6.45) is 3.86. The maximum absolute atomic E-state index is 13.3. The predicted molar refractivity (Wildman–Crippen MR) is 151 cm³/mol. The number of aromatic nitrogens is 1. The molecule has 0 spiro atoms. The minimum absolute atomic E-state index is 0.00234. The zero-order chi connectivity index (χ0) is 25.7. The van der Waals surface area contributed by atoms with Crippen molar-refractivity contribution in [3.8, 4) is 5.75 Å². The second kappa shape index (κ2) is 9.87. The first-order chi connectivity index (χ1) is 18.0. The molecule has 2 aliphatic carbocycles. The average Bonchev–Trinajstić information content (AvgIpc) is 3.60. The van der Waals surface area contributed by atoms with Crippen molar-refractivity contribution < 1.29 is 9.90 Å². The van der Waals surface area contributed by atoms with E-state index in [0.29, 0.717) is 28.7 Å². The molecular weight excluding hydrogens is 502 g/mol. The number of carbonyl (C=O) groups is 1. The summed E-state index contributed by atoms with van der Waals surface area (Å²) in [5.74, 6) is 2.08. The molecule has 8 heteroatoms. The van der Waals surface area contributed by atoms with Crippen molar-refractivity contribution in [2.45, 2.75) is 55.8 Å². The molecule has 1 amide bonds. The Morgan fingerprint density at radius 1 is 1.05 bits per heavy atom. The number of rotatable bonds is 7. The summed E-state index contributed by atoms with van der Waals surface area (Å²) >= 11 is 3.18. The minimum atomic E-state index is -0.232. The van der Waals surface area contributed by atoms with Crippen molar-refractivity contribution in [1.29, 1.82) is 0 Å². The van der Waals surface area contributed by atoms with Crippen LogP contribution in [-0.4, -0.2) is 33.9 Å². The predicted octanol–water partition coefficient (Wildman–Crippen LogP) is 5.75. The Labute approximate surface area is 225 Å². The number of amides is 1. The lowest BCUT2D eigenvalue weighted by Gasteiger charge is -2.40. The van der Waals surface area contributed by atoms with E-state index in [9.17, 15) is 14.7 Å². The van der Waals surface area contributed by atoms with Crippen LogP contribution in [0, 0.1) is 17.8 Å². The van der Waals surface area contributed by atoms with Crippen LogP contribution in [0.25, 0.3) is 0 Å². The van der Waals surface area contributed by atoms with Crippen LogP contribution in [0.4, 0.5) is 11.4 Å². The standard InChI is InChI=1S/C29H33N3O3S2/c1-3-31(4-2)21-11-7-17(8-12-21)24-25-18-5-6-19(15-18)26(25)36-28-27(24)37-29(35)32(28)16-23(34)30-20-9-13-22(33)14-10-20/h7-14,18-19,24-26,33H,3-6,15-16H2,1-2H3,(H,30,34)/t18-,19-,24-,25-,26+/m0/s1. The monoisotopic (exact) mass is 535 g/mol. The Balaban J connectivity index is 1.34. The van der Waals surface area contributed by atoms with E-state index in [1.54, 1.807) is 16.7 Å². The van der Waals surface area contributed by atoms with Gasteiger partial charge in [0.1, 0.15) is 12.3 Å². The summed E-state index contributed by atoms with van der Waals surface area (Å²) in [6.45, 7) is 6.31. The number of hydrogen-bond donors (Lipinski definition) is 2. The SMILES string of the molecule is CCN(CC)c1ccc([C@@H]2c3sc(=O)n(CC(=O)Nc4ccc(O)cc4)c3S[C@@H]3[C@H]4CC[C@@H](C4)[C@@H]23)cc1. The highest BCUT2D eigenvalue weighted by Crippen LogP contribution is 2.64. The molecule has 1 aromatic heterocycles. The number of carbonyl (C=O) groups excluding carboxylic acids is 1. The van der Waals surface area contributed by atoms with Gasteiger partial charge in [-0.25, -0.2) is 0 Å². The molecule has 2 saturated carbocycles. The molecule has 0 saturated heterocycles. The smallest absolute Gasteiger partial charge is 0.308 e. The van der Waals surface area contributed by atoms with Crippen LogP contribution in [0.2, 0.25) is 0 Å². The lowest BCUT2D eigenvalue weighted by Crippen LogP contribution is -2.35. The number of phenols is 1. The number of anilines is 2. The van der Waals surface area contributed by atoms with E-state index < -0.39 is 0 Å². The average molecular weight is 536 g/mol. The molecule has 2 N–H and O–H groups in total. The highest BCUT2D eigenvalue weighted by molar-refractivity contribution is 8.00. The molecule has 2 bridgehead atoms. The molecule has 0 unspecified atom stereocenters. The lowest BCUT2D eigenvalue weighted by molar-refractivity contribution is -0.116. The lowest BCUT2D eigenvalue weighted by atomic mass is 9.75. The second-order valence-corrected chi connectivity index (χ2v) is 12.6. The van der Waals surface area contributed by atoms with Crippen molar-refractivity contribution in [2.75, 3.05) is 23.3 Å². The molecule has 3 aromatic rings. The first-order valence-electron chi connectivity index (χ1n) is 13.3. The number of thiazole rings is 1. The van der Waals surface area contributed by atoms with Crippen LogP contribution in [0.15, 0.2) is 58.4 Å². The number of nitrogens with zero attached hydrogens (tertiary/aromatic N) is 2. The van der Waals surface area contributed by atoms with Gasteiger partial charge in [-0.2, -0.15) is 0 Å². The number of phenolic OH excluding ortho intramolecular Hbond substituents is 1. The van der Waals surface area contributed by atoms with Crippen molar-refractivity contribution in [2.24, 2.45) is 17.8 Å². The third-order valence-electron chi connectivity index (χ3n) is 8.52. The second-order valence-electron chi connectivity index (χ2n) is 10.5. The Kier molecular flexibility index (Phi) is 6.57. The van der Waals surface area contributed by atoms with Gasteiger partial charge in [0.25, 0.3) is 0 Å². The molecule has 5 atom stereocenters. The highest BCUT2D eigenvalue weighted by Gasteiger charge is 2.55.